The van der Waals surface area contributed by atoms with Crippen LogP contribution in [0, 0.1) is 0 Å². The van der Waals surface area contributed by atoms with Crippen LogP contribution >= 0.6 is 0 Å². The maximum absolute atomic E-state index is 12.6. The van der Waals surface area contributed by atoms with Crippen molar-refractivity contribution in [2.24, 2.45) is 17.3 Å². The summed E-state index contributed by atoms with van der Waals surface area (Å²) in [5.41, 5.74) is 1.22. The molecule has 0 saturated carbocycles. The first-order valence-electron chi connectivity index (χ1n) is 8.67. The molecule has 4 rings (SSSR count). The molecule has 1 amide bonds. The minimum Gasteiger partial charge on any atom is -0.493 e. The molecule has 2 heterocycles. The van der Waals surface area contributed by atoms with Crippen LogP contribution in [0.15, 0.2) is 69.9 Å². The van der Waals surface area contributed by atoms with E-state index in [1.165, 1.54) is 10.9 Å². The molecular formula is C20H17N5O3. The molecule has 0 fully saturated rings. The maximum Gasteiger partial charge on any atom is 0.287 e. The van der Waals surface area contributed by atoms with Crippen molar-refractivity contribution < 1.29 is 9.90 Å². The van der Waals surface area contributed by atoms with Crippen molar-refractivity contribution in [3.63, 3.8) is 0 Å². The fraction of sp³-hybridized carbons (Fsp3) is 0.150. The van der Waals surface area contributed by atoms with E-state index in [2.05, 4.69) is 15.2 Å². The Morgan fingerprint density at radius 2 is 1.79 bits per heavy atom. The lowest BCUT2D eigenvalue weighted by atomic mass is 10.2. The summed E-state index contributed by atoms with van der Waals surface area (Å²) in [5.74, 6) is -0.707. The van der Waals surface area contributed by atoms with Gasteiger partial charge in [0.2, 0.25) is 5.88 Å². The molecule has 0 spiro atoms. The summed E-state index contributed by atoms with van der Waals surface area (Å²) in [6.45, 7) is 1.56. The number of amides is 1. The third-order valence-corrected chi connectivity index (χ3v) is 4.76. The Balaban J connectivity index is 1.69. The Morgan fingerprint density at radius 1 is 1.11 bits per heavy atom. The molecule has 1 N–H and O–H groups in total. The molecule has 0 aliphatic carbocycles. The first-order valence-corrected chi connectivity index (χ1v) is 8.67. The lowest BCUT2D eigenvalue weighted by Crippen LogP contribution is -2.27. The number of benzene rings is 2. The van der Waals surface area contributed by atoms with Gasteiger partial charge in [0, 0.05) is 12.4 Å². The number of carbonyl (C=O) groups excluding carboxylic acids is 1. The Hall–Kier alpha value is -3.81. The summed E-state index contributed by atoms with van der Waals surface area (Å²) in [4.78, 5) is 29.4. The molecule has 28 heavy (non-hydrogen) atoms. The van der Waals surface area contributed by atoms with Crippen molar-refractivity contribution in [3.8, 4) is 5.88 Å². The standard InChI is InChI=1S/C20H17N5O3/c1-12(25-11-21-15-9-5-3-7-13(15)19(25)27)18(26)23-22-17-14-8-4-6-10-16(14)24(2)20(17)28/h3-12,28H,1-2H3/t12-/m0/s1. The van der Waals surface area contributed by atoms with Gasteiger partial charge in [0.25, 0.3) is 11.5 Å². The second-order valence-electron chi connectivity index (χ2n) is 6.44. The second-order valence-corrected chi connectivity index (χ2v) is 6.44. The first kappa shape index (κ1) is 17.6. The number of azo groups is 1. The number of nitrogens with zero attached hydrogens (tertiary/aromatic N) is 5. The molecule has 0 radical (unpaired) electrons. The van der Waals surface area contributed by atoms with Crippen LogP contribution in [0.5, 0.6) is 5.88 Å². The molecule has 140 valence electrons. The van der Waals surface area contributed by atoms with Gasteiger partial charge in [-0.1, -0.05) is 30.3 Å². The quantitative estimate of drug-likeness (QED) is 0.554. The van der Waals surface area contributed by atoms with Crippen LogP contribution in [0.4, 0.5) is 5.69 Å². The maximum atomic E-state index is 12.6. The minimum absolute atomic E-state index is 0.0880. The second kappa shape index (κ2) is 6.73. The zero-order chi connectivity index (χ0) is 19.8. The zero-order valence-corrected chi connectivity index (χ0v) is 15.3. The number of aromatic hydroxyl groups is 1. The smallest absolute Gasteiger partial charge is 0.287 e. The molecule has 4 aromatic rings. The van der Waals surface area contributed by atoms with E-state index in [4.69, 9.17) is 0 Å². The number of carbonyl (C=O) groups is 1. The van der Waals surface area contributed by atoms with Gasteiger partial charge in [0.05, 0.1) is 22.7 Å². The Morgan fingerprint density at radius 3 is 2.57 bits per heavy atom. The van der Waals surface area contributed by atoms with Crippen LogP contribution in [0.25, 0.3) is 21.8 Å². The van der Waals surface area contributed by atoms with E-state index in [1.54, 1.807) is 48.9 Å². The summed E-state index contributed by atoms with van der Waals surface area (Å²) < 4.78 is 2.79. The van der Waals surface area contributed by atoms with Crippen LogP contribution in [0.1, 0.15) is 13.0 Å². The van der Waals surface area contributed by atoms with Crippen molar-refractivity contribution in [2.45, 2.75) is 13.0 Å². The minimum atomic E-state index is -0.884. The number of hydrogen-bond donors (Lipinski definition) is 1. The summed E-state index contributed by atoms with van der Waals surface area (Å²) >= 11 is 0. The van der Waals surface area contributed by atoms with Crippen LogP contribution in [-0.2, 0) is 11.8 Å². The topological polar surface area (TPSA) is 102 Å². The van der Waals surface area contributed by atoms with Crippen LogP contribution in [0.2, 0.25) is 0 Å². The number of hydrogen-bond acceptors (Lipinski definition) is 5. The van der Waals surface area contributed by atoms with Gasteiger partial charge in [-0.15, -0.1) is 10.2 Å². The number of aromatic nitrogens is 3. The lowest BCUT2D eigenvalue weighted by Gasteiger charge is -2.11. The summed E-state index contributed by atoms with van der Waals surface area (Å²) in [5, 5.41) is 19.1. The molecule has 0 aliphatic rings. The van der Waals surface area contributed by atoms with Gasteiger partial charge in [0.15, 0.2) is 5.69 Å². The van der Waals surface area contributed by atoms with E-state index >= 15 is 0 Å². The molecule has 2 aromatic heterocycles. The molecule has 0 saturated heterocycles. The van der Waals surface area contributed by atoms with Crippen molar-refractivity contribution in [3.05, 3.63) is 65.2 Å². The Kier molecular flexibility index (Phi) is 4.23. The van der Waals surface area contributed by atoms with Crippen LogP contribution in [0.3, 0.4) is 0 Å². The van der Waals surface area contributed by atoms with Gasteiger partial charge in [-0.05, 0) is 25.1 Å². The molecule has 8 nitrogen and oxygen atoms in total. The van der Waals surface area contributed by atoms with Gasteiger partial charge < -0.3 is 9.67 Å². The van der Waals surface area contributed by atoms with Gasteiger partial charge in [-0.3, -0.25) is 14.2 Å². The average molecular weight is 375 g/mol. The fourth-order valence-corrected chi connectivity index (χ4v) is 3.12. The highest BCUT2D eigenvalue weighted by Crippen LogP contribution is 2.37. The van der Waals surface area contributed by atoms with E-state index in [0.717, 1.165) is 5.52 Å². The van der Waals surface area contributed by atoms with E-state index in [-0.39, 0.29) is 17.1 Å². The SMILES string of the molecule is C[C@@H](C(=O)N=Nc1c(O)n(C)c2ccccc12)n1cnc2ccccc2c1=O. The van der Waals surface area contributed by atoms with Crippen molar-refractivity contribution in [2.75, 3.05) is 0 Å². The highest BCUT2D eigenvalue weighted by molar-refractivity contribution is 5.95. The predicted octanol–water partition coefficient (Wildman–Crippen LogP) is 3.47. The third-order valence-electron chi connectivity index (χ3n) is 4.76. The largest absolute Gasteiger partial charge is 0.493 e. The lowest BCUT2D eigenvalue weighted by molar-refractivity contribution is -0.121. The van der Waals surface area contributed by atoms with E-state index in [9.17, 15) is 14.7 Å². The van der Waals surface area contributed by atoms with Gasteiger partial charge in [-0.2, -0.15) is 0 Å². The van der Waals surface area contributed by atoms with Gasteiger partial charge >= 0.3 is 0 Å². The zero-order valence-electron chi connectivity index (χ0n) is 15.3. The molecule has 2 aromatic carbocycles. The fourth-order valence-electron chi connectivity index (χ4n) is 3.12. The Bertz CT molecular complexity index is 1300. The molecule has 8 heteroatoms. The van der Waals surface area contributed by atoms with Crippen LogP contribution in [-0.4, -0.2) is 25.1 Å². The molecule has 0 bridgehead atoms. The number of aryl methyl sites for hydroxylation is 1. The van der Waals surface area contributed by atoms with E-state index < -0.39 is 11.9 Å². The highest BCUT2D eigenvalue weighted by Gasteiger charge is 2.19. The number of fused-ring (bicyclic) bond motifs is 2. The summed E-state index contributed by atoms with van der Waals surface area (Å²) in [6.07, 6.45) is 1.33. The van der Waals surface area contributed by atoms with Crippen molar-refractivity contribution >= 4 is 33.4 Å². The summed E-state index contributed by atoms with van der Waals surface area (Å²) in [7, 11) is 1.70. The first-order chi connectivity index (χ1) is 13.5. The van der Waals surface area contributed by atoms with Crippen molar-refractivity contribution in [1.29, 1.82) is 0 Å². The third kappa shape index (κ3) is 2.75. The molecule has 0 unspecified atom stereocenters. The van der Waals surface area contributed by atoms with Crippen molar-refractivity contribution in [1.82, 2.24) is 14.1 Å². The molecule has 0 aliphatic heterocycles. The molecular weight excluding hydrogens is 358 g/mol. The average Bonchev–Trinajstić information content (AvgIpc) is 2.96. The van der Waals surface area contributed by atoms with Gasteiger partial charge in [-0.25, -0.2) is 4.98 Å². The van der Waals surface area contributed by atoms with E-state index in [1.807, 2.05) is 18.2 Å². The molecule has 1 atom stereocenters. The van der Waals surface area contributed by atoms with Gasteiger partial charge in [0.1, 0.15) is 6.04 Å². The van der Waals surface area contributed by atoms with Crippen LogP contribution < -0.4 is 5.56 Å². The number of rotatable bonds is 3. The normalized spacial score (nSPS) is 12.8. The summed E-state index contributed by atoms with van der Waals surface area (Å²) in [6, 6.07) is 13.3. The number of para-hydroxylation sites is 2. The van der Waals surface area contributed by atoms with E-state index in [0.29, 0.717) is 16.3 Å². The highest BCUT2D eigenvalue weighted by atomic mass is 16.3. The predicted molar refractivity (Wildman–Crippen MR) is 105 cm³/mol. The monoisotopic (exact) mass is 375 g/mol. The Labute approximate surface area is 159 Å².